The second kappa shape index (κ2) is 7.33. The third kappa shape index (κ3) is 4.62. The first-order valence-electron chi connectivity index (χ1n) is 6.23. The number of likely N-dealkylation sites (tertiary alicyclic amines) is 1. The van der Waals surface area contributed by atoms with Gasteiger partial charge in [-0.15, -0.1) is 0 Å². The van der Waals surface area contributed by atoms with E-state index in [1.807, 2.05) is 13.8 Å². The van der Waals surface area contributed by atoms with Crippen molar-refractivity contribution in [3.05, 3.63) is 0 Å². The molecule has 6 nitrogen and oxygen atoms in total. The Labute approximate surface area is 108 Å². The number of rotatable bonds is 7. The molecule has 18 heavy (non-hydrogen) atoms. The van der Waals surface area contributed by atoms with Crippen molar-refractivity contribution < 1.29 is 19.2 Å². The van der Waals surface area contributed by atoms with Gasteiger partial charge in [-0.25, -0.2) is 5.48 Å². The fourth-order valence-electron chi connectivity index (χ4n) is 1.73. The van der Waals surface area contributed by atoms with Gasteiger partial charge in [-0.2, -0.15) is 0 Å². The van der Waals surface area contributed by atoms with E-state index in [-0.39, 0.29) is 24.2 Å². The summed E-state index contributed by atoms with van der Waals surface area (Å²) in [5.41, 5.74) is 2.40. The van der Waals surface area contributed by atoms with Crippen LogP contribution < -0.4 is 5.48 Å². The van der Waals surface area contributed by atoms with Gasteiger partial charge in [-0.3, -0.25) is 14.4 Å². The van der Waals surface area contributed by atoms with Crippen molar-refractivity contribution >= 4 is 11.8 Å². The summed E-state index contributed by atoms with van der Waals surface area (Å²) in [5, 5.41) is 0. The highest BCUT2D eigenvalue weighted by Crippen LogP contribution is 2.17. The number of hydroxylamine groups is 1. The molecule has 2 amide bonds. The Morgan fingerprint density at radius 3 is 2.89 bits per heavy atom. The lowest BCUT2D eigenvalue weighted by Gasteiger charge is -2.15. The van der Waals surface area contributed by atoms with Gasteiger partial charge in [0.2, 0.25) is 11.8 Å². The van der Waals surface area contributed by atoms with E-state index in [0.717, 1.165) is 0 Å². The second-order valence-electron chi connectivity index (χ2n) is 4.90. The van der Waals surface area contributed by atoms with E-state index in [0.29, 0.717) is 32.2 Å². The molecule has 0 spiro atoms. The van der Waals surface area contributed by atoms with Crippen molar-refractivity contribution in [2.75, 3.05) is 33.4 Å². The van der Waals surface area contributed by atoms with Crippen molar-refractivity contribution in [3.8, 4) is 0 Å². The summed E-state index contributed by atoms with van der Waals surface area (Å²) in [6, 6.07) is 0. The molecule has 0 aromatic rings. The SMILES string of the molecule is COCCN1CC(C(=O)NOCC(C)C)CC1=O. The highest BCUT2D eigenvalue weighted by atomic mass is 16.7. The number of ether oxygens (including phenoxy) is 1. The molecule has 0 aliphatic carbocycles. The molecule has 1 atom stereocenters. The predicted octanol–water partition coefficient (Wildman–Crippen LogP) is 0.185. The first-order valence-corrected chi connectivity index (χ1v) is 6.23. The Kier molecular flexibility index (Phi) is 6.07. The lowest BCUT2D eigenvalue weighted by atomic mass is 10.1. The van der Waals surface area contributed by atoms with Gasteiger partial charge in [0.25, 0.3) is 0 Å². The van der Waals surface area contributed by atoms with Gasteiger partial charge in [-0.05, 0) is 5.92 Å². The van der Waals surface area contributed by atoms with Crippen LogP contribution >= 0.6 is 0 Å². The van der Waals surface area contributed by atoms with Gasteiger partial charge in [-0.1, -0.05) is 13.8 Å². The van der Waals surface area contributed by atoms with Crippen LogP contribution in [0, 0.1) is 11.8 Å². The van der Waals surface area contributed by atoms with Crippen LogP contribution in [0.1, 0.15) is 20.3 Å². The maximum Gasteiger partial charge on any atom is 0.248 e. The molecule has 0 bridgehead atoms. The highest BCUT2D eigenvalue weighted by molar-refractivity contribution is 5.88. The zero-order valence-corrected chi connectivity index (χ0v) is 11.3. The quantitative estimate of drug-likeness (QED) is 0.662. The molecule has 1 N–H and O–H groups in total. The van der Waals surface area contributed by atoms with Crippen LogP contribution in [-0.4, -0.2) is 50.1 Å². The Bertz CT molecular complexity index is 294. The third-order valence-corrected chi connectivity index (χ3v) is 2.74. The Morgan fingerprint density at radius 1 is 1.56 bits per heavy atom. The number of hydrogen-bond donors (Lipinski definition) is 1. The van der Waals surface area contributed by atoms with Gasteiger partial charge in [0.1, 0.15) is 0 Å². The Balaban J connectivity index is 2.30. The van der Waals surface area contributed by atoms with Crippen LogP contribution in [-0.2, 0) is 19.2 Å². The lowest BCUT2D eigenvalue weighted by Crippen LogP contribution is -2.34. The predicted molar refractivity (Wildman–Crippen MR) is 65.5 cm³/mol. The van der Waals surface area contributed by atoms with Crippen molar-refractivity contribution in [1.29, 1.82) is 0 Å². The van der Waals surface area contributed by atoms with E-state index in [1.165, 1.54) is 0 Å². The maximum atomic E-state index is 11.7. The van der Waals surface area contributed by atoms with Crippen LogP contribution in [0.4, 0.5) is 0 Å². The number of nitrogens with one attached hydrogen (secondary N) is 1. The number of hydrogen-bond acceptors (Lipinski definition) is 4. The van der Waals surface area contributed by atoms with E-state index in [4.69, 9.17) is 9.57 Å². The highest BCUT2D eigenvalue weighted by Gasteiger charge is 2.34. The van der Waals surface area contributed by atoms with Gasteiger partial charge in [0, 0.05) is 26.6 Å². The number of carbonyl (C=O) groups is 2. The molecular formula is C12H22N2O4. The lowest BCUT2D eigenvalue weighted by molar-refractivity contribution is -0.138. The molecule has 1 rings (SSSR count). The average Bonchev–Trinajstić information content (AvgIpc) is 2.67. The molecular weight excluding hydrogens is 236 g/mol. The first-order chi connectivity index (χ1) is 8.54. The third-order valence-electron chi connectivity index (χ3n) is 2.74. The number of methoxy groups -OCH3 is 1. The maximum absolute atomic E-state index is 11.7. The Hall–Kier alpha value is -1.14. The van der Waals surface area contributed by atoms with E-state index in [9.17, 15) is 9.59 Å². The van der Waals surface area contributed by atoms with E-state index in [1.54, 1.807) is 12.0 Å². The molecule has 1 saturated heterocycles. The summed E-state index contributed by atoms with van der Waals surface area (Å²) in [6.45, 7) is 5.93. The van der Waals surface area contributed by atoms with Crippen LogP contribution in [0.2, 0.25) is 0 Å². The topological polar surface area (TPSA) is 67.9 Å². The standard InChI is InChI=1S/C12H22N2O4/c1-9(2)8-18-13-12(16)10-6-11(15)14(7-10)4-5-17-3/h9-10H,4-8H2,1-3H3,(H,13,16). The number of carbonyl (C=O) groups excluding carboxylic acids is 2. The van der Waals surface area contributed by atoms with Crippen LogP contribution in [0.5, 0.6) is 0 Å². The minimum atomic E-state index is -0.318. The van der Waals surface area contributed by atoms with Crippen molar-refractivity contribution in [1.82, 2.24) is 10.4 Å². The molecule has 6 heteroatoms. The molecule has 1 fully saturated rings. The van der Waals surface area contributed by atoms with E-state index in [2.05, 4.69) is 5.48 Å². The van der Waals surface area contributed by atoms with Crippen LogP contribution in [0.25, 0.3) is 0 Å². The molecule has 0 saturated carbocycles. The molecule has 1 unspecified atom stereocenters. The molecule has 104 valence electrons. The largest absolute Gasteiger partial charge is 0.383 e. The van der Waals surface area contributed by atoms with Crippen molar-refractivity contribution in [2.24, 2.45) is 11.8 Å². The minimum Gasteiger partial charge on any atom is -0.383 e. The molecule has 1 aliphatic heterocycles. The van der Waals surface area contributed by atoms with E-state index < -0.39 is 0 Å². The molecule has 0 aromatic carbocycles. The van der Waals surface area contributed by atoms with Gasteiger partial charge >= 0.3 is 0 Å². The zero-order chi connectivity index (χ0) is 13.5. The van der Waals surface area contributed by atoms with Gasteiger partial charge < -0.3 is 9.64 Å². The normalized spacial score (nSPS) is 19.7. The summed E-state index contributed by atoms with van der Waals surface area (Å²) in [5.74, 6) is -0.185. The van der Waals surface area contributed by atoms with Crippen LogP contribution in [0.3, 0.4) is 0 Å². The second-order valence-corrected chi connectivity index (χ2v) is 4.90. The minimum absolute atomic E-state index is 0.00365. The zero-order valence-electron chi connectivity index (χ0n) is 11.3. The average molecular weight is 258 g/mol. The van der Waals surface area contributed by atoms with Gasteiger partial charge in [0.15, 0.2) is 0 Å². The first kappa shape index (κ1) is 14.9. The number of nitrogens with zero attached hydrogens (tertiary/aromatic N) is 1. The van der Waals surface area contributed by atoms with Crippen molar-refractivity contribution in [2.45, 2.75) is 20.3 Å². The molecule has 0 aromatic heterocycles. The summed E-state index contributed by atoms with van der Waals surface area (Å²) in [7, 11) is 1.59. The van der Waals surface area contributed by atoms with Gasteiger partial charge in [0.05, 0.1) is 19.1 Å². The smallest absolute Gasteiger partial charge is 0.248 e. The Morgan fingerprint density at radius 2 is 2.28 bits per heavy atom. The fourth-order valence-corrected chi connectivity index (χ4v) is 1.73. The fraction of sp³-hybridized carbons (Fsp3) is 0.833. The van der Waals surface area contributed by atoms with E-state index >= 15 is 0 Å². The molecule has 1 aliphatic rings. The number of amides is 2. The molecule has 1 heterocycles. The molecule has 0 radical (unpaired) electrons. The van der Waals surface area contributed by atoms with Crippen LogP contribution in [0.15, 0.2) is 0 Å². The summed E-state index contributed by atoms with van der Waals surface area (Å²) in [6.07, 6.45) is 0.251. The summed E-state index contributed by atoms with van der Waals surface area (Å²) in [4.78, 5) is 30.1. The monoisotopic (exact) mass is 258 g/mol. The summed E-state index contributed by atoms with van der Waals surface area (Å²) < 4.78 is 4.92. The van der Waals surface area contributed by atoms with Crippen molar-refractivity contribution in [3.63, 3.8) is 0 Å². The summed E-state index contributed by atoms with van der Waals surface area (Å²) >= 11 is 0.